The van der Waals surface area contributed by atoms with E-state index in [2.05, 4.69) is 5.32 Å². The van der Waals surface area contributed by atoms with E-state index in [4.69, 9.17) is 16.3 Å². The summed E-state index contributed by atoms with van der Waals surface area (Å²) in [5.41, 5.74) is -1.13. The molecular formula is C14H16ClNO4. The molecule has 1 saturated carbocycles. The number of carbonyl (C=O) groups is 2. The summed E-state index contributed by atoms with van der Waals surface area (Å²) >= 11 is 5.94. The standard InChI is InChI=1S/C14H16ClNO4/c1-9(20-11-6-3-2-5-10(11)15)12(17)16-14(13(18)19)7-4-8-14/h2-3,5-6,9H,4,7-8H2,1H3,(H,16,17)(H,18,19). The van der Waals surface area contributed by atoms with E-state index in [-0.39, 0.29) is 0 Å². The number of hydrogen-bond acceptors (Lipinski definition) is 3. The quantitative estimate of drug-likeness (QED) is 0.874. The maximum absolute atomic E-state index is 12.0. The van der Waals surface area contributed by atoms with Crippen molar-refractivity contribution in [1.29, 1.82) is 0 Å². The number of benzene rings is 1. The lowest BCUT2D eigenvalue weighted by Gasteiger charge is -2.38. The van der Waals surface area contributed by atoms with Gasteiger partial charge in [-0.3, -0.25) is 4.79 Å². The van der Waals surface area contributed by atoms with Crippen LogP contribution in [-0.4, -0.2) is 28.6 Å². The Morgan fingerprint density at radius 2 is 2.05 bits per heavy atom. The molecule has 1 aromatic rings. The maximum Gasteiger partial charge on any atom is 0.329 e. The first-order chi connectivity index (χ1) is 9.44. The fraction of sp³-hybridized carbons (Fsp3) is 0.429. The number of para-hydroxylation sites is 1. The zero-order valence-electron chi connectivity index (χ0n) is 11.1. The number of amides is 1. The Hall–Kier alpha value is -1.75. The van der Waals surface area contributed by atoms with Crippen molar-refractivity contribution in [2.45, 2.75) is 37.8 Å². The van der Waals surface area contributed by atoms with Gasteiger partial charge in [-0.05, 0) is 38.3 Å². The van der Waals surface area contributed by atoms with Gasteiger partial charge in [0.05, 0.1) is 5.02 Å². The molecule has 20 heavy (non-hydrogen) atoms. The van der Waals surface area contributed by atoms with Gasteiger partial charge in [0.2, 0.25) is 0 Å². The van der Waals surface area contributed by atoms with Crippen LogP contribution < -0.4 is 10.1 Å². The highest BCUT2D eigenvalue weighted by molar-refractivity contribution is 6.32. The van der Waals surface area contributed by atoms with E-state index in [0.717, 1.165) is 6.42 Å². The first-order valence-corrected chi connectivity index (χ1v) is 6.79. The van der Waals surface area contributed by atoms with E-state index in [1.54, 1.807) is 31.2 Å². The molecule has 0 aromatic heterocycles. The van der Waals surface area contributed by atoms with Crippen LogP contribution in [0.4, 0.5) is 0 Å². The van der Waals surface area contributed by atoms with Gasteiger partial charge in [0.25, 0.3) is 5.91 Å². The number of aliphatic carboxylic acids is 1. The topological polar surface area (TPSA) is 75.6 Å². The van der Waals surface area contributed by atoms with Crippen LogP contribution in [-0.2, 0) is 9.59 Å². The number of carbonyl (C=O) groups excluding carboxylic acids is 1. The van der Waals surface area contributed by atoms with E-state index < -0.39 is 23.5 Å². The van der Waals surface area contributed by atoms with E-state index in [1.807, 2.05) is 0 Å². The second-order valence-corrected chi connectivity index (χ2v) is 5.33. The predicted molar refractivity (Wildman–Crippen MR) is 73.9 cm³/mol. The molecule has 108 valence electrons. The number of ether oxygens (including phenoxy) is 1. The third-order valence-electron chi connectivity index (χ3n) is 3.49. The van der Waals surface area contributed by atoms with E-state index >= 15 is 0 Å². The van der Waals surface area contributed by atoms with Crippen LogP contribution in [0.15, 0.2) is 24.3 Å². The average Bonchev–Trinajstić information content (AvgIpc) is 2.35. The Bertz CT molecular complexity index is 528. The van der Waals surface area contributed by atoms with Gasteiger partial charge in [-0.1, -0.05) is 23.7 Å². The van der Waals surface area contributed by atoms with Crippen LogP contribution in [0.1, 0.15) is 26.2 Å². The van der Waals surface area contributed by atoms with Crippen molar-refractivity contribution in [2.24, 2.45) is 0 Å². The summed E-state index contributed by atoms with van der Waals surface area (Å²) < 4.78 is 5.46. The summed E-state index contributed by atoms with van der Waals surface area (Å²) in [6.07, 6.45) is 0.887. The number of carboxylic acid groups (broad SMARTS) is 1. The second kappa shape index (κ2) is 5.71. The smallest absolute Gasteiger partial charge is 0.329 e. The van der Waals surface area contributed by atoms with Crippen molar-refractivity contribution in [3.63, 3.8) is 0 Å². The molecule has 0 heterocycles. The number of rotatable bonds is 5. The second-order valence-electron chi connectivity index (χ2n) is 4.92. The predicted octanol–water partition coefficient (Wildman–Crippen LogP) is 2.23. The molecule has 1 aromatic carbocycles. The number of nitrogens with one attached hydrogen (secondary N) is 1. The van der Waals surface area contributed by atoms with Gasteiger partial charge in [-0.25, -0.2) is 4.79 Å². The minimum absolute atomic E-state index is 0.398. The third-order valence-corrected chi connectivity index (χ3v) is 3.80. The van der Waals surface area contributed by atoms with Crippen LogP contribution in [0.5, 0.6) is 5.75 Å². The first kappa shape index (κ1) is 14.7. The van der Waals surface area contributed by atoms with Crippen LogP contribution in [0.3, 0.4) is 0 Å². The summed E-state index contributed by atoms with van der Waals surface area (Å²) in [5, 5.41) is 12.1. The molecule has 1 amide bonds. The highest BCUT2D eigenvalue weighted by atomic mass is 35.5. The fourth-order valence-corrected chi connectivity index (χ4v) is 2.22. The minimum Gasteiger partial charge on any atom is -0.480 e. The highest BCUT2D eigenvalue weighted by Gasteiger charge is 2.46. The lowest BCUT2D eigenvalue weighted by molar-refractivity contribution is -0.152. The van der Waals surface area contributed by atoms with Crippen molar-refractivity contribution >= 4 is 23.5 Å². The van der Waals surface area contributed by atoms with E-state index in [0.29, 0.717) is 23.6 Å². The summed E-state index contributed by atoms with van der Waals surface area (Å²) in [6.45, 7) is 1.56. The molecule has 1 atom stereocenters. The Labute approximate surface area is 121 Å². The van der Waals surface area contributed by atoms with Crippen molar-refractivity contribution in [3.8, 4) is 5.75 Å². The molecule has 1 fully saturated rings. The molecule has 0 saturated heterocycles. The fourth-order valence-electron chi connectivity index (χ4n) is 2.04. The Morgan fingerprint density at radius 1 is 1.40 bits per heavy atom. The molecule has 1 aliphatic rings. The maximum atomic E-state index is 12.0. The Morgan fingerprint density at radius 3 is 2.55 bits per heavy atom. The molecular weight excluding hydrogens is 282 g/mol. The number of halogens is 1. The van der Waals surface area contributed by atoms with Crippen LogP contribution in [0, 0.1) is 0 Å². The monoisotopic (exact) mass is 297 g/mol. The van der Waals surface area contributed by atoms with Gasteiger partial charge in [0.1, 0.15) is 11.3 Å². The molecule has 2 rings (SSSR count). The van der Waals surface area contributed by atoms with Crippen molar-refractivity contribution in [1.82, 2.24) is 5.32 Å². The normalized spacial score (nSPS) is 17.7. The number of hydrogen-bond donors (Lipinski definition) is 2. The average molecular weight is 298 g/mol. The molecule has 1 unspecified atom stereocenters. The number of carboxylic acids is 1. The molecule has 2 N–H and O–H groups in total. The zero-order valence-corrected chi connectivity index (χ0v) is 11.8. The Kier molecular flexibility index (Phi) is 4.18. The summed E-state index contributed by atoms with van der Waals surface area (Å²) in [4.78, 5) is 23.2. The van der Waals surface area contributed by atoms with Gasteiger partial charge in [0, 0.05) is 0 Å². The van der Waals surface area contributed by atoms with Crippen molar-refractivity contribution < 1.29 is 19.4 Å². The molecule has 0 spiro atoms. The van der Waals surface area contributed by atoms with E-state index in [9.17, 15) is 14.7 Å². The van der Waals surface area contributed by atoms with Crippen LogP contribution >= 0.6 is 11.6 Å². The van der Waals surface area contributed by atoms with Gasteiger partial charge in [0.15, 0.2) is 6.10 Å². The first-order valence-electron chi connectivity index (χ1n) is 6.41. The highest BCUT2D eigenvalue weighted by Crippen LogP contribution is 2.32. The third kappa shape index (κ3) is 2.88. The van der Waals surface area contributed by atoms with Gasteiger partial charge >= 0.3 is 5.97 Å². The zero-order chi connectivity index (χ0) is 14.8. The van der Waals surface area contributed by atoms with Crippen LogP contribution in [0.2, 0.25) is 5.02 Å². The lowest BCUT2D eigenvalue weighted by atomic mass is 9.76. The lowest BCUT2D eigenvalue weighted by Crippen LogP contribution is -2.61. The van der Waals surface area contributed by atoms with Crippen molar-refractivity contribution in [2.75, 3.05) is 0 Å². The summed E-state index contributed by atoms with van der Waals surface area (Å²) in [5.74, 6) is -1.05. The van der Waals surface area contributed by atoms with Crippen molar-refractivity contribution in [3.05, 3.63) is 29.3 Å². The van der Waals surface area contributed by atoms with E-state index in [1.165, 1.54) is 0 Å². The Balaban J connectivity index is 1.99. The van der Waals surface area contributed by atoms with Crippen LogP contribution in [0.25, 0.3) is 0 Å². The van der Waals surface area contributed by atoms with Gasteiger partial charge < -0.3 is 15.2 Å². The molecule has 6 heteroatoms. The molecule has 0 radical (unpaired) electrons. The molecule has 5 nitrogen and oxygen atoms in total. The van der Waals surface area contributed by atoms with Gasteiger partial charge in [-0.15, -0.1) is 0 Å². The van der Waals surface area contributed by atoms with Gasteiger partial charge in [-0.2, -0.15) is 0 Å². The summed E-state index contributed by atoms with van der Waals surface area (Å²) in [6, 6.07) is 6.82. The molecule has 0 aliphatic heterocycles. The molecule has 0 bridgehead atoms. The summed E-state index contributed by atoms with van der Waals surface area (Å²) in [7, 11) is 0. The molecule has 1 aliphatic carbocycles. The minimum atomic E-state index is -1.13. The SMILES string of the molecule is CC(Oc1ccccc1Cl)C(=O)NC1(C(=O)O)CCC1. The largest absolute Gasteiger partial charge is 0.480 e.